The summed E-state index contributed by atoms with van der Waals surface area (Å²) in [6, 6.07) is 12.6. The smallest absolute Gasteiger partial charge is 0.220 e. The van der Waals surface area contributed by atoms with Crippen LogP contribution in [0.3, 0.4) is 0 Å². The molecule has 1 aromatic carbocycles. The standard InChI is InChI=1S/C17H21N3O/c1-2-10-20-16(8-9-18-20)14-12-17(21)19-15(14)11-13-6-4-3-5-7-13/h3-9,14-15H,2,10-12H2,1H3,(H,19,21). The number of hydrogen-bond acceptors (Lipinski definition) is 2. The van der Waals surface area contributed by atoms with Crippen LogP contribution in [0.15, 0.2) is 42.6 Å². The number of benzene rings is 1. The normalized spacial score (nSPS) is 21.5. The number of nitrogens with one attached hydrogen (secondary N) is 1. The van der Waals surface area contributed by atoms with E-state index in [0.29, 0.717) is 6.42 Å². The van der Waals surface area contributed by atoms with Crippen LogP contribution in [-0.2, 0) is 17.8 Å². The Hall–Kier alpha value is -2.10. The number of carbonyl (C=O) groups excluding carboxylic acids is 1. The topological polar surface area (TPSA) is 46.9 Å². The van der Waals surface area contributed by atoms with Crippen molar-refractivity contribution in [2.75, 3.05) is 0 Å². The second kappa shape index (κ2) is 6.12. The van der Waals surface area contributed by atoms with Gasteiger partial charge in [0.1, 0.15) is 0 Å². The van der Waals surface area contributed by atoms with E-state index in [4.69, 9.17) is 0 Å². The maximum Gasteiger partial charge on any atom is 0.220 e. The van der Waals surface area contributed by atoms with Gasteiger partial charge in [-0.05, 0) is 24.5 Å². The summed E-state index contributed by atoms with van der Waals surface area (Å²) in [5.41, 5.74) is 2.44. The number of rotatable bonds is 5. The van der Waals surface area contributed by atoms with Gasteiger partial charge in [-0.25, -0.2) is 0 Å². The minimum absolute atomic E-state index is 0.144. The van der Waals surface area contributed by atoms with Gasteiger partial charge < -0.3 is 5.32 Å². The first-order chi connectivity index (χ1) is 10.3. The number of aromatic nitrogens is 2. The van der Waals surface area contributed by atoms with Gasteiger partial charge in [-0.2, -0.15) is 5.10 Å². The van der Waals surface area contributed by atoms with Gasteiger partial charge in [-0.1, -0.05) is 37.3 Å². The first-order valence-electron chi connectivity index (χ1n) is 7.63. The molecule has 110 valence electrons. The molecule has 0 spiro atoms. The third-order valence-corrected chi connectivity index (χ3v) is 4.10. The molecule has 1 aliphatic rings. The zero-order valence-corrected chi connectivity index (χ0v) is 12.3. The van der Waals surface area contributed by atoms with Gasteiger partial charge in [0.15, 0.2) is 0 Å². The van der Waals surface area contributed by atoms with Crippen LogP contribution in [0.5, 0.6) is 0 Å². The quantitative estimate of drug-likeness (QED) is 0.916. The highest BCUT2D eigenvalue weighted by molar-refractivity contribution is 5.80. The number of nitrogens with zero attached hydrogens (tertiary/aromatic N) is 2. The molecule has 1 saturated heterocycles. The van der Waals surface area contributed by atoms with Crippen LogP contribution < -0.4 is 5.32 Å². The van der Waals surface area contributed by atoms with Crippen LogP contribution in [0.2, 0.25) is 0 Å². The van der Waals surface area contributed by atoms with Gasteiger partial charge in [0.25, 0.3) is 0 Å². The largest absolute Gasteiger partial charge is 0.352 e. The van der Waals surface area contributed by atoms with E-state index in [-0.39, 0.29) is 17.9 Å². The average molecular weight is 283 g/mol. The lowest BCUT2D eigenvalue weighted by Crippen LogP contribution is -2.31. The summed E-state index contributed by atoms with van der Waals surface area (Å²) in [5, 5.41) is 7.52. The van der Waals surface area contributed by atoms with Crippen LogP contribution in [-0.4, -0.2) is 21.7 Å². The van der Waals surface area contributed by atoms with Crippen molar-refractivity contribution >= 4 is 5.91 Å². The Morgan fingerprint density at radius 3 is 2.86 bits per heavy atom. The van der Waals surface area contributed by atoms with Crippen LogP contribution in [0.4, 0.5) is 0 Å². The maximum absolute atomic E-state index is 11.9. The van der Waals surface area contributed by atoms with Crippen molar-refractivity contribution in [3.8, 4) is 0 Å². The Morgan fingerprint density at radius 1 is 1.29 bits per heavy atom. The molecule has 1 aliphatic heterocycles. The fourth-order valence-electron chi connectivity index (χ4n) is 3.14. The zero-order chi connectivity index (χ0) is 14.7. The highest BCUT2D eigenvalue weighted by atomic mass is 16.2. The van der Waals surface area contributed by atoms with Gasteiger partial charge >= 0.3 is 0 Å². The summed E-state index contributed by atoms with van der Waals surface area (Å²) in [7, 11) is 0. The minimum Gasteiger partial charge on any atom is -0.352 e. The van der Waals surface area contributed by atoms with Gasteiger partial charge in [0, 0.05) is 36.8 Å². The predicted octanol–water partition coefficient (Wildman–Crippen LogP) is 2.51. The first-order valence-corrected chi connectivity index (χ1v) is 7.63. The van der Waals surface area contributed by atoms with Crippen molar-refractivity contribution in [3.05, 3.63) is 53.9 Å². The van der Waals surface area contributed by atoms with Crippen molar-refractivity contribution in [1.82, 2.24) is 15.1 Å². The number of carbonyl (C=O) groups is 1. The average Bonchev–Trinajstić information content (AvgIpc) is 3.07. The lowest BCUT2D eigenvalue weighted by atomic mass is 9.91. The Balaban J connectivity index is 1.82. The molecule has 1 amide bonds. The SMILES string of the molecule is CCCn1nccc1C1CC(=O)NC1Cc1ccccc1. The Bertz CT molecular complexity index is 606. The third-order valence-electron chi connectivity index (χ3n) is 4.10. The molecule has 4 heteroatoms. The number of aryl methyl sites for hydroxylation is 1. The van der Waals surface area contributed by atoms with Crippen molar-refractivity contribution in [2.24, 2.45) is 0 Å². The molecule has 21 heavy (non-hydrogen) atoms. The van der Waals surface area contributed by atoms with Gasteiger partial charge in [-0.3, -0.25) is 9.48 Å². The van der Waals surface area contributed by atoms with Crippen molar-refractivity contribution in [2.45, 2.75) is 44.7 Å². The molecule has 0 radical (unpaired) electrons. The number of amides is 1. The molecule has 4 nitrogen and oxygen atoms in total. The van der Waals surface area contributed by atoms with Crippen LogP contribution >= 0.6 is 0 Å². The molecule has 1 fully saturated rings. The van der Waals surface area contributed by atoms with Crippen molar-refractivity contribution < 1.29 is 4.79 Å². The Morgan fingerprint density at radius 2 is 2.10 bits per heavy atom. The first kappa shape index (κ1) is 13.9. The van der Waals surface area contributed by atoms with Crippen LogP contribution in [0.1, 0.15) is 36.9 Å². The molecule has 2 unspecified atom stereocenters. The molecular formula is C17H21N3O. The van der Waals surface area contributed by atoms with E-state index in [0.717, 1.165) is 19.4 Å². The Kier molecular flexibility index (Phi) is 4.04. The van der Waals surface area contributed by atoms with E-state index < -0.39 is 0 Å². The summed E-state index contributed by atoms with van der Waals surface area (Å²) < 4.78 is 2.04. The Labute approximate surface area is 125 Å². The minimum atomic E-state index is 0.144. The molecule has 0 aliphatic carbocycles. The highest BCUT2D eigenvalue weighted by Crippen LogP contribution is 2.30. The van der Waals surface area contributed by atoms with Gasteiger partial charge in [0.05, 0.1) is 0 Å². The monoisotopic (exact) mass is 283 g/mol. The molecular weight excluding hydrogens is 262 g/mol. The van der Waals surface area contributed by atoms with E-state index >= 15 is 0 Å². The second-order valence-corrected chi connectivity index (χ2v) is 5.65. The lowest BCUT2D eigenvalue weighted by molar-refractivity contribution is -0.119. The lowest BCUT2D eigenvalue weighted by Gasteiger charge is -2.20. The summed E-state index contributed by atoms with van der Waals surface area (Å²) in [6.45, 7) is 3.05. The molecule has 1 N–H and O–H groups in total. The molecule has 2 atom stereocenters. The maximum atomic E-state index is 11.9. The molecule has 1 aromatic heterocycles. The molecule has 2 heterocycles. The van der Waals surface area contributed by atoms with Gasteiger partial charge in [0.2, 0.25) is 5.91 Å². The van der Waals surface area contributed by atoms with E-state index in [1.807, 2.05) is 29.1 Å². The summed E-state index contributed by atoms with van der Waals surface area (Å²) in [4.78, 5) is 11.9. The fraction of sp³-hybridized carbons (Fsp3) is 0.412. The predicted molar refractivity (Wildman–Crippen MR) is 82.0 cm³/mol. The summed E-state index contributed by atoms with van der Waals surface area (Å²) in [6.07, 6.45) is 4.32. The van der Waals surface area contributed by atoms with Gasteiger partial charge in [-0.15, -0.1) is 0 Å². The van der Waals surface area contributed by atoms with E-state index in [1.165, 1.54) is 11.3 Å². The second-order valence-electron chi connectivity index (χ2n) is 5.65. The fourth-order valence-corrected chi connectivity index (χ4v) is 3.14. The van der Waals surface area contributed by atoms with E-state index in [9.17, 15) is 4.79 Å². The molecule has 3 rings (SSSR count). The van der Waals surface area contributed by atoms with E-state index in [2.05, 4.69) is 35.5 Å². The zero-order valence-electron chi connectivity index (χ0n) is 12.3. The van der Waals surface area contributed by atoms with Crippen LogP contribution in [0, 0.1) is 0 Å². The summed E-state index contributed by atoms with van der Waals surface area (Å²) >= 11 is 0. The highest BCUT2D eigenvalue weighted by Gasteiger charge is 2.35. The van der Waals surface area contributed by atoms with Crippen LogP contribution in [0.25, 0.3) is 0 Å². The van der Waals surface area contributed by atoms with Crippen molar-refractivity contribution in [3.63, 3.8) is 0 Å². The number of hydrogen-bond donors (Lipinski definition) is 1. The molecule has 2 aromatic rings. The molecule has 0 bridgehead atoms. The van der Waals surface area contributed by atoms with Crippen molar-refractivity contribution in [1.29, 1.82) is 0 Å². The summed E-state index contributed by atoms with van der Waals surface area (Å²) in [5.74, 6) is 0.358. The third kappa shape index (κ3) is 2.99. The van der Waals surface area contributed by atoms with E-state index in [1.54, 1.807) is 0 Å². The molecule has 0 saturated carbocycles.